The van der Waals surface area contributed by atoms with Gasteiger partial charge >= 0.3 is 0 Å². The third-order valence-corrected chi connectivity index (χ3v) is 2.84. The van der Waals surface area contributed by atoms with Crippen LogP contribution in [0.2, 0.25) is 0 Å². The van der Waals surface area contributed by atoms with Gasteiger partial charge in [-0.25, -0.2) is 0 Å². The summed E-state index contributed by atoms with van der Waals surface area (Å²) >= 11 is 0. The Balaban J connectivity index is 2.16. The molecule has 1 aliphatic carbocycles. The van der Waals surface area contributed by atoms with Crippen LogP contribution in [0.5, 0.6) is 5.75 Å². The van der Waals surface area contributed by atoms with E-state index in [9.17, 15) is 0 Å². The zero-order chi connectivity index (χ0) is 9.97. The van der Waals surface area contributed by atoms with Crippen molar-refractivity contribution in [2.75, 3.05) is 13.2 Å². The fourth-order valence-electron chi connectivity index (χ4n) is 1.96. The van der Waals surface area contributed by atoms with Gasteiger partial charge < -0.3 is 10.5 Å². The van der Waals surface area contributed by atoms with Gasteiger partial charge in [0.25, 0.3) is 0 Å². The van der Waals surface area contributed by atoms with Crippen molar-refractivity contribution in [2.45, 2.75) is 19.3 Å². The van der Waals surface area contributed by atoms with Crippen molar-refractivity contribution in [1.29, 1.82) is 0 Å². The lowest BCUT2D eigenvalue weighted by molar-refractivity contribution is 0.336. The first-order valence-corrected chi connectivity index (χ1v) is 5.28. The molecule has 2 heteroatoms. The first kappa shape index (κ1) is 9.53. The van der Waals surface area contributed by atoms with Crippen molar-refractivity contribution in [1.82, 2.24) is 0 Å². The molecule has 2 atom stereocenters. The van der Waals surface area contributed by atoms with Gasteiger partial charge in [0.2, 0.25) is 0 Å². The second-order valence-corrected chi connectivity index (χ2v) is 3.81. The lowest BCUT2D eigenvalue weighted by Gasteiger charge is -2.09. The number of rotatable bonds is 4. The molecule has 0 bridgehead atoms. The first-order valence-electron chi connectivity index (χ1n) is 5.28. The predicted octanol–water partition coefficient (Wildman–Crippen LogP) is 2.15. The Morgan fingerprint density at radius 3 is 2.86 bits per heavy atom. The molecule has 1 fully saturated rings. The molecule has 0 amide bonds. The van der Waals surface area contributed by atoms with Gasteiger partial charge in [0, 0.05) is 0 Å². The van der Waals surface area contributed by atoms with Crippen LogP contribution < -0.4 is 10.5 Å². The van der Waals surface area contributed by atoms with E-state index in [-0.39, 0.29) is 0 Å². The molecule has 1 aromatic rings. The monoisotopic (exact) mass is 191 g/mol. The number of benzene rings is 1. The second kappa shape index (κ2) is 4.01. The number of para-hydroxylation sites is 1. The summed E-state index contributed by atoms with van der Waals surface area (Å²) in [6, 6.07) is 8.30. The topological polar surface area (TPSA) is 35.2 Å². The number of ether oxygens (including phenoxy) is 1. The van der Waals surface area contributed by atoms with E-state index in [1.807, 2.05) is 19.1 Å². The molecule has 2 rings (SSSR count). The summed E-state index contributed by atoms with van der Waals surface area (Å²) in [6.45, 7) is 3.55. The van der Waals surface area contributed by atoms with E-state index in [1.54, 1.807) is 0 Å². The van der Waals surface area contributed by atoms with E-state index >= 15 is 0 Å². The van der Waals surface area contributed by atoms with E-state index in [0.29, 0.717) is 11.8 Å². The highest BCUT2D eigenvalue weighted by atomic mass is 16.5. The van der Waals surface area contributed by atoms with Crippen LogP contribution in [0.25, 0.3) is 0 Å². The molecule has 0 spiro atoms. The van der Waals surface area contributed by atoms with Gasteiger partial charge in [0.05, 0.1) is 6.61 Å². The Bertz CT molecular complexity index is 311. The molecule has 0 saturated heterocycles. The van der Waals surface area contributed by atoms with Crippen LogP contribution in [0.3, 0.4) is 0 Å². The van der Waals surface area contributed by atoms with Gasteiger partial charge in [-0.2, -0.15) is 0 Å². The molecule has 1 aliphatic rings. The fourth-order valence-corrected chi connectivity index (χ4v) is 1.96. The minimum absolute atomic E-state index is 0.641. The van der Waals surface area contributed by atoms with Crippen LogP contribution in [0, 0.1) is 5.92 Å². The van der Waals surface area contributed by atoms with E-state index in [1.165, 1.54) is 12.0 Å². The van der Waals surface area contributed by atoms with Gasteiger partial charge in [-0.05, 0) is 43.4 Å². The van der Waals surface area contributed by atoms with Gasteiger partial charge in [0.15, 0.2) is 0 Å². The number of hydrogen-bond acceptors (Lipinski definition) is 2. The van der Waals surface area contributed by atoms with Crippen LogP contribution in [0.1, 0.15) is 24.8 Å². The summed E-state index contributed by atoms with van der Waals surface area (Å²) in [5.74, 6) is 2.36. The maximum absolute atomic E-state index is 5.64. The summed E-state index contributed by atoms with van der Waals surface area (Å²) in [7, 11) is 0. The third kappa shape index (κ3) is 1.75. The largest absolute Gasteiger partial charge is 0.494 e. The zero-order valence-corrected chi connectivity index (χ0v) is 8.57. The lowest BCUT2D eigenvalue weighted by atomic mass is 10.1. The highest BCUT2D eigenvalue weighted by molar-refractivity contribution is 5.39. The van der Waals surface area contributed by atoms with Crippen molar-refractivity contribution < 1.29 is 4.74 Å². The summed E-state index contributed by atoms with van der Waals surface area (Å²) in [6.07, 6.45) is 1.22. The SMILES string of the molecule is CCOc1ccccc1[C@@H]1C[C@H]1CN. The summed E-state index contributed by atoms with van der Waals surface area (Å²) < 4.78 is 5.59. The van der Waals surface area contributed by atoms with Crippen molar-refractivity contribution in [3.05, 3.63) is 29.8 Å². The Labute approximate surface area is 85.1 Å². The van der Waals surface area contributed by atoms with Crippen LogP contribution >= 0.6 is 0 Å². The standard InChI is InChI=1S/C12H17NO/c1-2-14-12-6-4-3-5-10(12)11-7-9(11)8-13/h3-6,9,11H,2,7-8,13H2,1H3/t9-,11+/m0/s1. The molecule has 0 radical (unpaired) electrons. The third-order valence-electron chi connectivity index (χ3n) is 2.84. The van der Waals surface area contributed by atoms with Crippen LogP contribution in [-0.2, 0) is 0 Å². The Hall–Kier alpha value is -1.02. The van der Waals surface area contributed by atoms with Crippen LogP contribution in [0.15, 0.2) is 24.3 Å². The van der Waals surface area contributed by atoms with Gasteiger partial charge in [0.1, 0.15) is 5.75 Å². The second-order valence-electron chi connectivity index (χ2n) is 3.81. The Morgan fingerprint density at radius 1 is 1.43 bits per heavy atom. The van der Waals surface area contributed by atoms with Crippen molar-refractivity contribution in [3.63, 3.8) is 0 Å². The maximum Gasteiger partial charge on any atom is 0.122 e. The molecule has 0 aliphatic heterocycles. The highest BCUT2D eigenvalue weighted by Gasteiger charge is 2.38. The fraction of sp³-hybridized carbons (Fsp3) is 0.500. The number of hydrogen-bond donors (Lipinski definition) is 1. The zero-order valence-electron chi connectivity index (χ0n) is 8.57. The van der Waals surface area contributed by atoms with E-state index < -0.39 is 0 Å². The summed E-state index contributed by atoms with van der Waals surface area (Å²) in [5.41, 5.74) is 6.98. The molecule has 14 heavy (non-hydrogen) atoms. The average Bonchev–Trinajstić information content (AvgIpc) is 2.98. The van der Waals surface area contributed by atoms with Gasteiger partial charge in [-0.1, -0.05) is 18.2 Å². The Morgan fingerprint density at radius 2 is 2.21 bits per heavy atom. The van der Waals surface area contributed by atoms with E-state index in [2.05, 4.69) is 12.1 Å². The summed E-state index contributed by atoms with van der Waals surface area (Å²) in [5, 5.41) is 0. The summed E-state index contributed by atoms with van der Waals surface area (Å²) in [4.78, 5) is 0. The normalized spacial score (nSPS) is 24.7. The van der Waals surface area contributed by atoms with Crippen molar-refractivity contribution in [3.8, 4) is 5.75 Å². The van der Waals surface area contributed by atoms with E-state index in [0.717, 1.165) is 18.9 Å². The molecule has 76 valence electrons. The van der Waals surface area contributed by atoms with Crippen LogP contribution in [-0.4, -0.2) is 13.2 Å². The number of nitrogens with two attached hydrogens (primary N) is 1. The minimum Gasteiger partial charge on any atom is -0.494 e. The molecule has 0 unspecified atom stereocenters. The molecule has 1 saturated carbocycles. The molecular weight excluding hydrogens is 174 g/mol. The molecule has 2 N–H and O–H groups in total. The average molecular weight is 191 g/mol. The maximum atomic E-state index is 5.64. The first-order chi connectivity index (χ1) is 6.86. The van der Waals surface area contributed by atoms with E-state index in [4.69, 9.17) is 10.5 Å². The molecule has 0 aromatic heterocycles. The van der Waals surface area contributed by atoms with Crippen LogP contribution in [0.4, 0.5) is 0 Å². The van der Waals surface area contributed by atoms with Crippen molar-refractivity contribution in [2.24, 2.45) is 11.7 Å². The van der Waals surface area contributed by atoms with Gasteiger partial charge in [-0.3, -0.25) is 0 Å². The molecule has 1 aromatic carbocycles. The van der Waals surface area contributed by atoms with Crippen molar-refractivity contribution >= 4 is 0 Å². The smallest absolute Gasteiger partial charge is 0.122 e. The quantitative estimate of drug-likeness (QED) is 0.791. The Kier molecular flexibility index (Phi) is 2.73. The molecule has 0 heterocycles. The minimum atomic E-state index is 0.641. The molecular formula is C12H17NO. The highest BCUT2D eigenvalue weighted by Crippen LogP contribution is 2.49. The molecule has 2 nitrogen and oxygen atoms in total. The van der Waals surface area contributed by atoms with Gasteiger partial charge in [-0.15, -0.1) is 0 Å². The predicted molar refractivity (Wildman–Crippen MR) is 57.5 cm³/mol. The lowest BCUT2D eigenvalue weighted by Crippen LogP contribution is -2.03.